The Labute approximate surface area is 195 Å². The lowest BCUT2D eigenvalue weighted by Crippen LogP contribution is -2.44. The highest BCUT2D eigenvalue weighted by atomic mass is 16.2. The number of fused-ring (bicyclic) bond motifs is 2. The van der Waals surface area contributed by atoms with Crippen LogP contribution in [0.5, 0.6) is 0 Å². The van der Waals surface area contributed by atoms with Crippen molar-refractivity contribution in [1.82, 2.24) is 15.1 Å². The van der Waals surface area contributed by atoms with Gasteiger partial charge in [-0.25, -0.2) is 0 Å². The van der Waals surface area contributed by atoms with Crippen molar-refractivity contribution in [2.24, 2.45) is 0 Å². The van der Waals surface area contributed by atoms with Crippen LogP contribution in [0.1, 0.15) is 53.0 Å². The number of amides is 3. The van der Waals surface area contributed by atoms with E-state index in [0.29, 0.717) is 42.9 Å². The molecule has 0 saturated carbocycles. The van der Waals surface area contributed by atoms with E-state index in [4.69, 9.17) is 0 Å². The van der Waals surface area contributed by atoms with E-state index < -0.39 is 6.04 Å². The Morgan fingerprint density at radius 1 is 1.06 bits per heavy atom. The van der Waals surface area contributed by atoms with Crippen molar-refractivity contribution in [3.8, 4) is 0 Å². The van der Waals surface area contributed by atoms with Crippen molar-refractivity contribution >= 4 is 23.4 Å². The van der Waals surface area contributed by atoms with Crippen molar-refractivity contribution in [3.05, 3.63) is 65.2 Å². The summed E-state index contributed by atoms with van der Waals surface area (Å²) in [6, 6.07) is 14.3. The number of benzene rings is 2. The molecule has 7 nitrogen and oxygen atoms in total. The summed E-state index contributed by atoms with van der Waals surface area (Å²) in [6.07, 6.45) is 1.54. The normalized spacial score (nSPS) is 17.7. The number of nitrogens with zero attached hydrogens (tertiary/aromatic N) is 3. The standard InChI is InChI=1S/C26H32N4O3/c1-3-28(4-2)17-15-27-24(31)20-13-11-19(12-14-20)18-30-22-9-6-5-8-21(22)25(32)29-16-7-10-23(29)26(30)33/h5-6,8-9,11-14,23H,3-4,7,10,15-18H2,1-2H3,(H,27,31)/t23-/m0/s1. The molecule has 0 unspecified atom stereocenters. The fraction of sp³-hybridized carbons (Fsp3) is 0.423. The number of anilines is 1. The second kappa shape index (κ2) is 10.2. The molecule has 1 atom stereocenters. The van der Waals surface area contributed by atoms with E-state index >= 15 is 0 Å². The smallest absolute Gasteiger partial charge is 0.256 e. The van der Waals surface area contributed by atoms with Gasteiger partial charge in [-0.05, 0) is 55.8 Å². The average molecular weight is 449 g/mol. The molecule has 1 saturated heterocycles. The van der Waals surface area contributed by atoms with Crippen LogP contribution in [0.3, 0.4) is 0 Å². The maximum atomic E-state index is 13.4. The molecule has 0 aliphatic carbocycles. The molecule has 0 radical (unpaired) electrons. The van der Waals surface area contributed by atoms with E-state index in [1.165, 1.54) is 0 Å². The summed E-state index contributed by atoms with van der Waals surface area (Å²) in [5, 5.41) is 2.97. The van der Waals surface area contributed by atoms with Gasteiger partial charge in [-0.3, -0.25) is 14.4 Å². The van der Waals surface area contributed by atoms with Gasteiger partial charge in [-0.1, -0.05) is 38.1 Å². The lowest BCUT2D eigenvalue weighted by Gasteiger charge is -2.26. The maximum absolute atomic E-state index is 13.4. The van der Waals surface area contributed by atoms with Crippen LogP contribution in [0.15, 0.2) is 48.5 Å². The lowest BCUT2D eigenvalue weighted by atomic mass is 10.1. The minimum atomic E-state index is -0.402. The molecule has 33 heavy (non-hydrogen) atoms. The van der Waals surface area contributed by atoms with Gasteiger partial charge in [0.2, 0.25) is 5.91 Å². The second-order valence-electron chi connectivity index (χ2n) is 8.58. The molecule has 0 aromatic heterocycles. The third kappa shape index (κ3) is 4.78. The number of rotatable bonds is 8. The van der Waals surface area contributed by atoms with Crippen LogP contribution < -0.4 is 10.2 Å². The molecule has 2 heterocycles. The molecule has 1 N–H and O–H groups in total. The predicted octanol–water partition coefficient (Wildman–Crippen LogP) is 2.91. The summed E-state index contributed by atoms with van der Waals surface area (Å²) in [7, 11) is 0. The Kier molecular flexibility index (Phi) is 7.08. The topological polar surface area (TPSA) is 73.0 Å². The molecule has 0 spiro atoms. The summed E-state index contributed by atoms with van der Waals surface area (Å²) in [6.45, 7) is 8.55. The van der Waals surface area contributed by atoms with Crippen LogP contribution in [-0.2, 0) is 11.3 Å². The zero-order valence-corrected chi connectivity index (χ0v) is 19.4. The van der Waals surface area contributed by atoms with Gasteiger partial charge in [-0.15, -0.1) is 0 Å². The summed E-state index contributed by atoms with van der Waals surface area (Å²) >= 11 is 0. The van der Waals surface area contributed by atoms with Gasteiger partial charge in [0.15, 0.2) is 0 Å². The van der Waals surface area contributed by atoms with Crippen LogP contribution in [0.2, 0.25) is 0 Å². The minimum absolute atomic E-state index is 0.0379. The molecule has 0 bridgehead atoms. The van der Waals surface area contributed by atoms with Crippen molar-refractivity contribution in [2.75, 3.05) is 37.6 Å². The number of likely N-dealkylation sites (N-methyl/N-ethyl adjacent to an activating group) is 1. The van der Waals surface area contributed by atoms with Gasteiger partial charge in [0.25, 0.3) is 11.8 Å². The molecule has 174 valence electrons. The first kappa shape index (κ1) is 23.0. The summed E-state index contributed by atoms with van der Waals surface area (Å²) in [4.78, 5) is 44.6. The number of carbonyl (C=O) groups excluding carboxylic acids is 3. The second-order valence-corrected chi connectivity index (χ2v) is 8.58. The SMILES string of the molecule is CCN(CC)CCNC(=O)c1ccc(CN2C(=O)[C@@H]3CCCN3C(=O)c3ccccc32)cc1. The van der Waals surface area contributed by atoms with Crippen LogP contribution in [0.25, 0.3) is 0 Å². The fourth-order valence-corrected chi connectivity index (χ4v) is 4.69. The molecule has 1 fully saturated rings. The molecule has 2 aliphatic heterocycles. The van der Waals surface area contributed by atoms with Gasteiger partial charge in [0, 0.05) is 25.2 Å². The largest absolute Gasteiger partial charge is 0.351 e. The molecule has 2 aromatic carbocycles. The third-order valence-corrected chi connectivity index (χ3v) is 6.65. The van der Waals surface area contributed by atoms with E-state index in [-0.39, 0.29) is 17.7 Å². The molecule has 4 rings (SSSR count). The molecular formula is C26H32N4O3. The van der Waals surface area contributed by atoms with Crippen molar-refractivity contribution in [2.45, 2.75) is 39.3 Å². The summed E-state index contributed by atoms with van der Waals surface area (Å²) in [5.41, 5.74) is 2.73. The number of nitrogens with one attached hydrogen (secondary N) is 1. The summed E-state index contributed by atoms with van der Waals surface area (Å²) in [5.74, 6) is -0.207. The van der Waals surface area contributed by atoms with Gasteiger partial charge >= 0.3 is 0 Å². The molecular weight excluding hydrogens is 416 g/mol. The molecule has 7 heteroatoms. The van der Waals surface area contributed by atoms with Crippen molar-refractivity contribution < 1.29 is 14.4 Å². The van der Waals surface area contributed by atoms with Gasteiger partial charge < -0.3 is 20.0 Å². The maximum Gasteiger partial charge on any atom is 0.256 e. The quantitative estimate of drug-likeness (QED) is 0.674. The number of hydrogen-bond acceptors (Lipinski definition) is 4. The number of carbonyl (C=O) groups is 3. The zero-order valence-electron chi connectivity index (χ0n) is 19.4. The highest BCUT2D eigenvalue weighted by Crippen LogP contribution is 2.33. The first-order valence-corrected chi connectivity index (χ1v) is 11.8. The Morgan fingerprint density at radius 2 is 1.79 bits per heavy atom. The number of para-hydroxylation sites is 1. The molecule has 2 aromatic rings. The molecule has 2 aliphatic rings. The van der Waals surface area contributed by atoms with Gasteiger partial charge in [0.05, 0.1) is 17.8 Å². The predicted molar refractivity (Wildman–Crippen MR) is 128 cm³/mol. The van der Waals surface area contributed by atoms with E-state index in [2.05, 4.69) is 24.1 Å². The minimum Gasteiger partial charge on any atom is -0.351 e. The van der Waals surface area contributed by atoms with Crippen LogP contribution >= 0.6 is 0 Å². The van der Waals surface area contributed by atoms with Gasteiger partial charge in [-0.2, -0.15) is 0 Å². The average Bonchev–Trinajstić information content (AvgIpc) is 3.32. The van der Waals surface area contributed by atoms with Crippen molar-refractivity contribution in [1.29, 1.82) is 0 Å². The highest BCUT2D eigenvalue weighted by molar-refractivity contribution is 6.11. The lowest BCUT2D eigenvalue weighted by molar-refractivity contribution is -0.122. The number of hydrogen-bond donors (Lipinski definition) is 1. The Hall–Kier alpha value is -3.19. The Morgan fingerprint density at radius 3 is 2.52 bits per heavy atom. The van der Waals surface area contributed by atoms with Crippen molar-refractivity contribution in [3.63, 3.8) is 0 Å². The highest BCUT2D eigenvalue weighted by Gasteiger charge is 2.41. The first-order chi connectivity index (χ1) is 16.0. The Bertz CT molecular complexity index is 1020. The van der Waals surface area contributed by atoms with E-state index in [0.717, 1.165) is 31.6 Å². The third-order valence-electron chi connectivity index (χ3n) is 6.65. The van der Waals surface area contributed by atoms with Crippen LogP contribution in [0, 0.1) is 0 Å². The van der Waals surface area contributed by atoms with E-state index in [9.17, 15) is 14.4 Å². The van der Waals surface area contributed by atoms with E-state index in [1.807, 2.05) is 30.3 Å². The first-order valence-electron chi connectivity index (χ1n) is 11.8. The zero-order chi connectivity index (χ0) is 23.4. The van der Waals surface area contributed by atoms with E-state index in [1.54, 1.807) is 28.0 Å². The fourth-order valence-electron chi connectivity index (χ4n) is 4.69. The Balaban J connectivity index is 1.48. The summed E-state index contributed by atoms with van der Waals surface area (Å²) < 4.78 is 0. The monoisotopic (exact) mass is 448 g/mol. The van der Waals surface area contributed by atoms with Crippen LogP contribution in [-0.4, -0.2) is 66.3 Å². The van der Waals surface area contributed by atoms with Crippen LogP contribution in [0.4, 0.5) is 5.69 Å². The molecule has 3 amide bonds. The van der Waals surface area contributed by atoms with Gasteiger partial charge in [0.1, 0.15) is 6.04 Å².